The van der Waals surface area contributed by atoms with Gasteiger partial charge in [0.1, 0.15) is 5.69 Å². The number of carbonyl (C=O) groups is 2. The topological polar surface area (TPSA) is 111 Å². The molecule has 9 heteroatoms. The number of aryl methyl sites for hydroxylation is 1. The van der Waals surface area contributed by atoms with Crippen LogP contribution in [0.15, 0.2) is 53.4 Å². The lowest BCUT2D eigenvalue weighted by Crippen LogP contribution is -2.41. The van der Waals surface area contributed by atoms with Crippen LogP contribution in [0.2, 0.25) is 0 Å². The number of sulfonamides is 1. The van der Waals surface area contributed by atoms with E-state index in [1.165, 1.54) is 28.6 Å². The van der Waals surface area contributed by atoms with Crippen molar-refractivity contribution in [3.05, 3.63) is 65.4 Å². The molecule has 8 nitrogen and oxygen atoms in total. The lowest BCUT2D eigenvalue weighted by Gasteiger charge is -2.15. The number of hydrogen-bond donors (Lipinski definition) is 3. The minimum Gasteiger partial charge on any atom is -0.350 e. The molecule has 1 fully saturated rings. The van der Waals surface area contributed by atoms with E-state index in [1.807, 2.05) is 25.1 Å². The van der Waals surface area contributed by atoms with Gasteiger partial charge < -0.3 is 4.98 Å². The van der Waals surface area contributed by atoms with Gasteiger partial charge >= 0.3 is 0 Å². The van der Waals surface area contributed by atoms with Gasteiger partial charge in [-0.3, -0.25) is 20.4 Å². The minimum atomic E-state index is -3.53. The fourth-order valence-electron chi connectivity index (χ4n) is 3.48. The van der Waals surface area contributed by atoms with Gasteiger partial charge in [0.25, 0.3) is 11.8 Å². The Morgan fingerprint density at radius 2 is 1.60 bits per heavy atom. The number of fused-ring (bicyclic) bond motifs is 1. The van der Waals surface area contributed by atoms with Gasteiger partial charge in [0, 0.05) is 29.6 Å². The summed E-state index contributed by atoms with van der Waals surface area (Å²) in [5.41, 5.74) is 7.18. The van der Waals surface area contributed by atoms with Gasteiger partial charge in [-0.15, -0.1) is 0 Å². The number of aromatic amines is 1. The molecule has 0 spiro atoms. The van der Waals surface area contributed by atoms with Crippen LogP contribution in [0.5, 0.6) is 0 Å². The highest BCUT2D eigenvalue weighted by molar-refractivity contribution is 7.89. The summed E-state index contributed by atoms with van der Waals surface area (Å²) in [6, 6.07) is 13.2. The second kappa shape index (κ2) is 7.92. The highest BCUT2D eigenvalue weighted by atomic mass is 32.2. The summed E-state index contributed by atoms with van der Waals surface area (Å²) >= 11 is 0. The molecule has 0 atom stereocenters. The van der Waals surface area contributed by atoms with Crippen LogP contribution in [0, 0.1) is 6.92 Å². The van der Waals surface area contributed by atoms with E-state index in [0.717, 1.165) is 29.3 Å². The maximum atomic E-state index is 12.5. The second-order valence-electron chi connectivity index (χ2n) is 7.32. The third kappa shape index (κ3) is 3.94. The number of amides is 2. The molecule has 0 aliphatic carbocycles. The van der Waals surface area contributed by atoms with Crippen molar-refractivity contribution in [2.75, 3.05) is 13.1 Å². The van der Waals surface area contributed by atoms with E-state index in [9.17, 15) is 18.0 Å². The molecule has 0 saturated carbocycles. The molecule has 2 aromatic carbocycles. The van der Waals surface area contributed by atoms with Crippen LogP contribution in [0.4, 0.5) is 0 Å². The molecular formula is C21H22N4O4S. The van der Waals surface area contributed by atoms with Crippen molar-refractivity contribution in [1.82, 2.24) is 20.1 Å². The predicted octanol–water partition coefficient (Wildman–Crippen LogP) is 2.34. The third-order valence-corrected chi connectivity index (χ3v) is 7.04. The number of nitrogens with zero attached hydrogens (tertiary/aromatic N) is 1. The number of hydrogen-bond acceptors (Lipinski definition) is 4. The molecule has 1 aliphatic heterocycles. The minimum absolute atomic E-state index is 0.151. The fraction of sp³-hybridized carbons (Fsp3) is 0.238. The van der Waals surface area contributed by atoms with E-state index in [-0.39, 0.29) is 10.5 Å². The van der Waals surface area contributed by atoms with Crippen LogP contribution in [-0.4, -0.2) is 42.6 Å². The van der Waals surface area contributed by atoms with Crippen molar-refractivity contribution in [2.45, 2.75) is 24.7 Å². The smallest absolute Gasteiger partial charge is 0.286 e. The quantitative estimate of drug-likeness (QED) is 0.556. The molecule has 2 amide bonds. The standard InChI is InChI=1S/C21H22N4O4S/c1-14-4-9-18-16(12-14)13-19(22-18)21(27)24-23-20(26)15-5-7-17(8-6-15)30(28,29)25-10-2-3-11-25/h4-9,12-13,22H,2-3,10-11H2,1H3,(H,23,26)(H,24,27). The summed E-state index contributed by atoms with van der Waals surface area (Å²) in [5, 5.41) is 0.904. The summed E-state index contributed by atoms with van der Waals surface area (Å²) in [6.07, 6.45) is 1.71. The third-order valence-electron chi connectivity index (χ3n) is 5.13. The molecule has 0 radical (unpaired) electrons. The Balaban J connectivity index is 1.40. The van der Waals surface area contributed by atoms with E-state index in [4.69, 9.17) is 0 Å². The van der Waals surface area contributed by atoms with Gasteiger partial charge in [0.15, 0.2) is 0 Å². The van der Waals surface area contributed by atoms with Crippen molar-refractivity contribution in [1.29, 1.82) is 0 Å². The molecule has 3 aromatic rings. The number of rotatable bonds is 4. The largest absolute Gasteiger partial charge is 0.350 e. The van der Waals surface area contributed by atoms with Crippen LogP contribution in [0.3, 0.4) is 0 Å². The van der Waals surface area contributed by atoms with Crippen LogP contribution >= 0.6 is 0 Å². The molecule has 1 aliphatic rings. The highest BCUT2D eigenvalue weighted by Gasteiger charge is 2.27. The van der Waals surface area contributed by atoms with Crippen molar-refractivity contribution in [2.24, 2.45) is 0 Å². The highest BCUT2D eigenvalue weighted by Crippen LogP contribution is 2.21. The van der Waals surface area contributed by atoms with Gasteiger partial charge in [-0.1, -0.05) is 11.6 Å². The molecule has 30 heavy (non-hydrogen) atoms. The summed E-state index contributed by atoms with van der Waals surface area (Å²) in [5.74, 6) is -1.02. The van der Waals surface area contributed by atoms with Crippen LogP contribution in [0.1, 0.15) is 39.3 Å². The summed E-state index contributed by atoms with van der Waals surface area (Å²) in [4.78, 5) is 27.8. The van der Waals surface area contributed by atoms with Crippen LogP contribution in [-0.2, 0) is 10.0 Å². The first kappa shape index (κ1) is 20.1. The average molecular weight is 426 g/mol. The van der Waals surface area contributed by atoms with Gasteiger partial charge in [0.2, 0.25) is 10.0 Å². The summed E-state index contributed by atoms with van der Waals surface area (Å²) in [7, 11) is -3.53. The Morgan fingerprint density at radius 3 is 2.30 bits per heavy atom. The molecule has 3 N–H and O–H groups in total. The van der Waals surface area contributed by atoms with Crippen LogP contribution < -0.4 is 10.9 Å². The van der Waals surface area contributed by atoms with Crippen molar-refractivity contribution in [3.8, 4) is 0 Å². The maximum Gasteiger partial charge on any atom is 0.286 e. The van der Waals surface area contributed by atoms with E-state index in [1.54, 1.807) is 6.07 Å². The molecule has 0 unspecified atom stereocenters. The van der Waals surface area contributed by atoms with Gasteiger partial charge in [-0.25, -0.2) is 8.42 Å². The molecule has 1 aromatic heterocycles. The lowest BCUT2D eigenvalue weighted by atomic mass is 10.2. The molecule has 156 valence electrons. The van der Waals surface area contributed by atoms with E-state index >= 15 is 0 Å². The van der Waals surface area contributed by atoms with Gasteiger partial charge in [-0.2, -0.15) is 4.31 Å². The predicted molar refractivity (Wildman–Crippen MR) is 112 cm³/mol. The Labute approximate surface area is 174 Å². The zero-order chi connectivity index (χ0) is 21.3. The van der Waals surface area contributed by atoms with Gasteiger partial charge in [0.05, 0.1) is 4.90 Å². The Morgan fingerprint density at radius 1 is 0.933 bits per heavy atom. The van der Waals surface area contributed by atoms with Crippen molar-refractivity contribution < 1.29 is 18.0 Å². The lowest BCUT2D eigenvalue weighted by molar-refractivity contribution is 0.0844. The molecule has 0 bridgehead atoms. The Bertz CT molecular complexity index is 1210. The number of aromatic nitrogens is 1. The van der Waals surface area contributed by atoms with Crippen LogP contribution in [0.25, 0.3) is 10.9 Å². The monoisotopic (exact) mass is 426 g/mol. The number of H-pyrrole nitrogens is 1. The fourth-order valence-corrected chi connectivity index (χ4v) is 5.00. The number of hydrazine groups is 1. The number of benzene rings is 2. The van der Waals surface area contributed by atoms with Gasteiger partial charge in [-0.05, 0) is 62.2 Å². The normalized spacial score (nSPS) is 14.7. The number of carbonyl (C=O) groups excluding carboxylic acids is 2. The SMILES string of the molecule is Cc1ccc2[nH]c(C(=O)NNC(=O)c3ccc(S(=O)(=O)N4CCCC4)cc3)cc2c1. The van der Waals surface area contributed by atoms with E-state index < -0.39 is 21.8 Å². The second-order valence-corrected chi connectivity index (χ2v) is 9.26. The average Bonchev–Trinajstić information content (AvgIpc) is 3.42. The summed E-state index contributed by atoms with van der Waals surface area (Å²) in [6.45, 7) is 3.00. The molecule has 2 heterocycles. The Kier molecular flexibility index (Phi) is 5.31. The molecule has 1 saturated heterocycles. The number of nitrogens with one attached hydrogen (secondary N) is 3. The van der Waals surface area contributed by atoms with E-state index in [2.05, 4.69) is 15.8 Å². The summed E-state index contributed by atoms with van der Waals surface area (Å²) < 4.78 is 26.5. The van der Waals surface area contributed by atoms with Crippen molar-refractivity contribution >= 4 is 32.7 Å². The first-order valence-electron chi connectivity index (χ1n) is 9.65. The first-order valence-corrected chi connectivity index (χ1v) is 11.1. The van der Waals surface area contributed by atoms with Crippen molar-refractivity contribution in [3.63, 3.8) is 0 Å². The zero-order valence-electron chi connectivity index (χ0n) is 16.4. The maximum absolute atomic E-state index is 12.5. The molecular weight excluding hydrogens is 404 g/mol. The molecule has 4 rings (SSSR count). The first-order chi connectivity index (χ1) is 14.3. The Hall–Kier alpha value is -3.17. The van der Waals surface area contributed by atoms with E-state index in [0.29, 0.717) is 18.8 Å². The zero-order valence-corrected chi connectivity index (χ0v) is 17.3.